The molecular weight excluding hydrogens is 361 g/mol. The first-order chi connectivity index (χ1) is 12.2. The SMILES string of the molecule is NC(=NCCOc1ccc(F)c(F)c1)Nc1ccc(OC(F)(F)F)cc1. The smallest absolute Gasteiger partial charge is 0.492 e. The lowest BCUT2D eigenvalue weighted by Gasteiger charge is -2.10. The summed E-state index contributed by atoms with van der Waals surface area (Å²) in [4.78, 5) is 3.94. The van der Waals surface area contributed by atoms with Gasteiger partial charge in [-0.1, -0.05) is 0 Å². The van der Waals surface area contributed by atoms with Crippen LogP contribution in [0.4, 0.5) is 27.6 Å². The maximum absolute atomic E-state index is 13.0. The van der Waals surface area contributed by atoms with Gasteiger partial charge in [0, 0.05) is 11.8 Å². The number of nitrogens with two attached hydrogens (primary N) is 1. The van der Waals surface area contributed by atoms with E-state index >= 15 is 0 Å². The number of aliphatic imine (C=N–C) groups is 1. The van der Waals surface area contributed by atoms with Crippen molar-refractivity contribution in [2.24, 2.45) is 10.7 Å². The third kappa shape index (κ3) is 6.46. The second-order valence-corrected chi connectivity index (χ2v) is 4.89. The van der Waals surface area contributed by atoms with Gasteiger partial charge in [-0.25, -0.2) is 13.8 Å². The van der Waals surface area contributed by atoms with Gasteiger partial charge < -0.3 is 20.5 Å². The normalized spacial score (nSPS) is 12.0. The van der Waals surface area contributed by atoms with E-state index in [1.807, 2.05) is 0 Å². The maximum Gasteiger partial charge on any atom is 0.573 e. The largest absolute Gasteiger partial charge is 0.573 e. The van der Waals surface area contributed by atoms with Gasteiger partial charge in [0.1, 0.15) is 18.1 Å². The molecule has 0 bridgehead atoms. The van der Waals surface area contributed by atoms with Gasteiger partial charge in [0.2, 0.25) is 0 Å². The number of benzene rings is 2. The van der Waals surface area contributed by atoms with E-state index in [9.17, 15) is 22.0 Å². The van der Waals surface area contributed by atoms with Crippen molar-refractivity contribution < 1.29 is 31.4 Å². The molecule has 0 aliphatic heterocycles. The number of halogens is 5. The third-order valence-electron chi connectivity index (χ3n) is 2.89. The van der Waals surface area contributed by atoms with Gasteiger partial charge in [0.25, 0.3) is 0 Å². The van der Waals surface area contributed by atoms with Crippen molar-refractivity contribution in [3.63, 3.8) is 0 Å². The van der Waals surface area contributed by atoms with Gasteiger partial charge in [-0.2, -0.15) is 0 Å². The van der Waals surface area contributed by atoms with Crippen LogP contribution in [0.15, 0.2) is 47.5 Å². The second-order valence-electron chi connectivity index (χ2n) is 4.89. The highest BCUT2D eigenvalue weighted by atomic mass is 19.4. The minimum Gasteiger partial charge on any atom is -0.492 e. The molecule has 0 unspecified atom stereocenters. The van der Waals surface area contributed by atoms with E-state index in [1.54, 1.807) is 0 Å². The molecule has 3 N–H and O–H groups in total. The Morgan fingerprint density at radius 3 is 2.27 bits per heavy atom. The van der Waals surface area contributed by atoms with Crippen LogP contribution in [0.3, 0.4) is 0 Å². The highest BCUT2D eigenvalue weighted by molar-refractivity contribution is 5.92. The fourth-order valence-electron chi connectivity index (χ4n) is 1.82. The Morgan fingerprint density at radius 2 is 1.65 bits per heavy atom. The summed E-state index contributed by atoms with van der Waals surface area (Å²) in [7, 11) is 0. The lowest BCUT2D eigenvalue weighted by Crippen LogP contribution is -2.23. The van der Waals surface area contributed by atoms with Crippen molar-refractivity contribution in [2.45, 2.75) is 6.36 Å². The van der Waals surface area contributed by atoms with Crippen LogP contribution < -0.4 is 20.5 Å². The first-order valence-corrected chi connectivity index (χ1v) is 7.23. The summed E-state index contributed by atoms with van der Waals surface area (Å²) in [6.45, 7) is 0.179. The number of anilines is 1. The van der Waals surface area contributed by atoms with E-state index in [0.29, 0.717) is 5.69 Å². The van der Waals surface area contributed by atoms with Crippen LogP contribution in [-0.4, -0.2) is 25.5 Å². The number of hydrogen-bond donors (Lipinski definition) is 2. The van der Waals surface area contributed by atoms with Gasteiger partial charge in [-0.3, -0.25) is 0 Å². The molecular formula is C16H14F5N3O2. The van der Waals surface area contributed by atoms with E-state index in [1.165, 1.54) is 18.2 Å². The van der Waals surface area contributed by atoms with Crippen molar-refractivity contribution in [1.82, 2.24) is 0 Å². The van der Waals surface area contributed by atoms with Crippen molar-refractivity contribution in [3.8, 4) is 11.5 Å². The van der Waals surface area contributed by atoms with Crippen LogP contribution in [0.2, 0.25) is 0 Å². The third-order valence-corrected chi connectivity index (χ3v) is 2.89. The van der Waals surface area contributed by atoms with Crippen LogP contribution in [0.1, 0.15) is 0 Å². The van der Waals surface area contributed by atoms with Crippen molar-refractivity contribution in [2.75, 3.05) is 18.5 Å². The zero-order valence-electron chi connectivity index (χ0n) is 13.2. The van der Waals surface area contributed by atoms with Gasteiger partial charge >= 0.3 is 6.36 Å². The molecule has 0 amide bonds. The molecule has 0 aliphatic carbocycles. The molecule has 10 heteroatoms. The minimum atomic E-state index is -4.76. The molecule has 2 aromatic rings. The van der Waals surface area contributed by atoms with Gasteiger partial charge in [-0.05, 0) is 36.4 Å². The molecule has 26 heavy (non-hydrogen) atoms. The summed E-state index contributed by atoms with van der Waals surface area (Å²) in [5.41, 5.74) is 6.04. The lowest BCUT2D eigenvalue weighted by molar-refractivity contribution is -0.274. The topological polar surface area (TPSA) is 68.9 Å². The first kappa shape index (κ1) is 19.3. The number of rotatable bonds is 6. The van der Waals surface area contributed by atoms with Gasteiger partial charge in [-0.15, -0.1) is 13.2 Å². The Labute approximate surface area is 145 Å². The summed E-state index contributed by atoms with van der Waals surface area (Å²) in [5.74, 6) is -2.21. The quantitative estimate of drug-likeness (QED) is 0.350. The number of guanidine groups is 1. The maximum atomic E-state index is 13.0. The summed E-state index contributed by atoms with van der Waals surface area (Å²) < 4.78 is 70.9. The van der Waals surface area contributed by atoms with E-state index in [2.05, 4.69) is 15.0 Å². The molecule has 0 heterocycles. The molecule has 0 aromatic heterocycles. The van der Waals surface area contributed by atoms with E-state index in [4.69, 9.17) is 10.5 Å². The van der Waals surface area contributed by atoms with Crippen molar-refractivity contribution in [1.29, 1.82) is 0 Å². The predicted molar refractivity (Wildman–Crippen MR) is 85.1 cm³/mol. The monoisotopic (exact) mass is 375 g/mol. The van der Waals surface area contributed by atoms with E-state index in [-0.39, 0.29) is 30.6 Å². The lowest BCUT2D eigenvalue weighted by atomic mass is 10.3. The Kier molecular flexibility index (Phi) is 6.21. The highest BCUT2D eigenvalue weighted by Gasteiger charge is 2.30. The molecule has 140 valence electrons. The van der Waals surface area contributed by atoms with Crippen molar-refractivity contribution >= 4 is 11.6 Å². The fourth-order valence-corrected chi connectivity index (χ4v) is 1.82. The average molecular weight is 375 g/mol. The zero-order valence-corrected chi connectivity index (χ0v) is 13.2. The molecule has 0 aliphatic rings. The number of alkyl halides is 3. The molecule has 0 saturated heterocycles. The highest BCUT2D eigenvalue weighted by Crippen LogP contribution is 2.23. The van der Waals surface area contributed by atoms with E-state index in [0.717, 1.165) is 24.3 Å². The fraction of sp³-hybridized carbons (Fsp3) is 0.188. The summed E-state index contributed by atoms with van der Waals surface area (Å²) in [6.07, 6.45) is -4.76. The van der Waals surface area contributed by atoms with E-state index < -0.39 is 18.0 Å². The molecule has 2 rings (SSSR count). The van der Waals surface area contributed by atoms with Crippen LogP contribution in [0.25, 0.3) is 0 Å². The number of hydrogen-bond acceptors (Lipinski definition) is 3. The number of nitrogens with one attached hydrogen (secondary N) is 1. The summed E-state index contributed by atoms with van der Waals surface area (Å²) >= 11 is 0. The summed E-state index contributed by atoms with van der Waals surface area (Å²) in [5, 5.41) is 2.67. The summed E-state index contributed by atoms with van der Waals surface area (Å²) in [6, 6.07) is 8.03. The number of nitrogens with zero attached hydrogens (tertiary/aromatic N) is 1. The van der Waals surface area contributed by atoms with Crippen LogP contribution in [0.5, 0.6) is 11.5 Å². The van der Waals surface area contributed by atoms with Crippen LogP contribution >= 0.6 is 0 Å². The first-order valence-electron chi connectivity index (χ1n) is 7.23. The van der Waals surface area contributed by atoms with Gasteiger partial charge in [0.05, 0.1) is 6.54 Å². The predicted octanol–water partition coefficient (Wildman–Crippen LogP) is 3.67. The standard InChI is InChI=1S/C16H14F5N3O2/c17-13-6-5-12(9-14(13)18)25-8-7-23-15(22)24-10-1-3-11(4-2-10)26-16(19,20)21/h1-6,9H,7-8H2,(H3,22,23,24). The Morgan fingerprint density at radius 1 is 1.00 bits per heavy atom. The second kappa shape index (κ2) is 8.37. The molecule has 2 aromatic carbocycles. The molecule has 5 nitrogen and oxygen atoms in total. The van der Waals surface area contributed by atoms with Gasteiger partial charge in [0.15, 0.2) is 17.6 Å². The average Bonchev–Trinajstić information content (AvgIpc) is 2.55. The van der Waals surface area contributed by atoms with Crippen LogP contribution in [-0.2, 0) is 0 Å². The molecule has 0 fully saturated rings. The molecule has 0 spiro atoms. The Bertz CT molecular complexity index is 763. The Hall–Kier alpha value is -3.04. The molecule has 0 radical (unpaired) electrons. The zero-order chi connectivity index (χ0) is 19.2. The molecule has 0 atom stereocenters. The molecule has 0 saturated carbocycles. The van der Waals surface area contributed by atoms with Crippen molar-refractivity contribution in [3.05, 3.63) is 54.1 Å². The Balaban J connectivity index is 1.79. The minimum absolute atomic E-state index is 0.00313. The van der Waals surface area contributed by atoms with Crippen LogP contribution in [0, 0.1) is 11.6 Å². The number of ether oxygens (including phenoxy) is 2.